The molecular formula is C44H40N6. The molecule has 0 saturated heterocycles. The van der Waals surface area contributed by atoms with Crippen LogP contribution in [0.4, 0.5) is 0 Å². The van der Waals surface area contributed by atoms with Crippen LogP contribution < -0.4 is 0 Å². The molecule has 0 saturated carbocycles. The van der Waals surface area contributed by atoms with Crippen molar-refractivity contribution in [3.63, 3.8) is 0 Å². The van der Waals surface area contributed by atoms with Crippen molar-refractivity contribution in [3.05, 3.63) is 145 Å². The maximum atomic E-state index is 5.11. The molecule has 6 heteroatoms. The van der Waals surface area contributed by atoms with Crippen LogP contribution in [0.2, 0.25) is 0 Å². The first kappa shape index (κ1) is 32.7. The number of hydrogen-bond acceptors (Lipinski definition) is 6. The molecule has 7 aromatic rings. The van der Waals surface area contributed by atoms with Crippen LogP contribution in [-0.4, -0.2) is 29.9 Å². The average Bonchev–Trinajstić information content (AvgIpc) is 3.14. The minimum absolute atomic E-state index is 0.0103. The lowest BCUT2D eigenvalue weighted by Crippen LogP contribution is -2.16. The largest absolute Gasteiger partial charge is 0.264 e. The van der Waals surface area contributed by atoms with Gasteiger partial charge in [0.05, 0.1) is 0 Å². The molecule has 4 aromatic carbocycles. The molecule has 0 amide bonds. The molecule has 0 aliphatic rings. The van der Waals surface area contributed by atoms with Crippen LogP contribution in [0.1, 0.15) is 52.7 Å². The van der Waals surface area contributed by atoms with E-state index in [0.29, 0.717) is 17.5 Å². The molecule has 246 valence electrons. The highest BCUT2D eigenvalue weighted by Gasteiger charge is 2.21. The SMILES string of the molecule is CC(C)(C)c1cc(-c2cccc(-c3nc(-c4cccc(-c5cccnc5)c4)nc(-c4cccc(-c5cncnc5)c4)n3)c2)cc(C(C)(C)C)c1. The van der Waals surface area contributed by atoms with Gasteiger partial charge in [-0.1, -0.05) is 120 Å². The van der Waals surface area contributed by atoms with E-state index in [4.69, 9.17) is 15.0 Å². The van der Waals surface area contributed by atoms with E-state index in [1.165, 1.54) is 23.0 Å². The van der Waals surface area contributed by atoms with Gasteiger partial charge in [-0.15, -0.1) is 0 Å². The van der Waals surface area contributed by atoms with Gasteiger partial charge in [0, 0.05) is 52.6 Å². The van der Waals surface area contributed by atoms with Crippen molar-refractivity contribution in [1.82, 2.24) is 29.9 Å². The molecule has 0 unspecified atom stereocenters. The monoisotopic (exact) mass is 652 g/mol. The van der Waals surface area contributed by atoms with E-state index in [-0.39, 0.29) is 10.8 Å². The van der Waals surface area contributed by atoms with E-state index in [1.54, 1.807) is 6.20 Å². The number of hydrogen-bond donors (Lipinski definition) is 0. The van der Waals surface area contributed by atoms with Crippen LogP contribution in [0.3, 0.4) is 0 Å². The Bertz CT molecular complexity index is 2150. The lowest BCUT2D eigenvalue weighted by molar-refractivity contribution is 0.569. The summed E-state index contributed by atoms with van der Waals surface area (Å²) in [6.45, 7) is 13.6. The Morgan fingerprint density at radius 1 is 0.360 bits per heavy atom. The first-order valence-electron chi connectivity index (χ1n) is 16.9. The van der Waals surface area contributed by atoms with Crippen LogP contribution in [0.15, 0.2) is 134 Å². The molecule has 0 N–H and O–H groups in total. The van der Waals surface area contributed by atoms with E-state index in [9.17, 15) is 0 Å². The first-order valence-corrected chi connectivity index (χ1v) is 16.9. The van der Waals surface area contributed by atoms with Gasteiger partial charge in [0.2, 0.25) is 0 Å². The van der Waals surface area contributed by atoms with Gasteiger partial charge in [0.25, 0.3) is 0 Å². The summed E-state index contributed by atoms with van der Waals surface area (Å²) in [6, 6.07) is 36.0. The summed E-state index contributed by atoms with van der Waals surface area (Å²) in [7, 11) is 0. The predicted molar refractivity (Wildman–Crippen MR) is 203 cm³/mol. The van der Waals surface area contributed by atoms with Gasteiger partial charge in [0.15, 0.2) is 17.5 Å². The highest BCUT2D eigenvalue weighted by atomic mass is 15.0. The summed E-state index contributed by atoms with van der Waals surface area (Å²) in [5.41, 5.74) is 11.6. The number of rotatable bonds is 6. The van der Waals surface area contributed by atoms with Gasteiger partial charge in [-0.25, -0.2) is 24.9 Å². The first-order chi connectivity index (χ1) is 24.0. The third-order valence-corrected chi connectivity index (χ3v) is 8.88. The van der Waals surface area contributed by atoms with Crippen molar-refractivity contribution in [2.75, 3.05) is 0 Å². The minimum Gasteiger partial charge on any atom is -0.264 e. The molecule has 0 radical (unpaired) electrons. The standard InChI is InChI=1S/C44H40N6/c1-43(2,3)38-22-36(23-39(24-38)44(4,5)6)30-12-8-15-33(20-30)41-48-40(32-14-7-11-29(19-32)35-17-10-18-45-25-35)49-42(50-41)34-16-9-13-31(21-34)37-26-46-28-47-27-37/h7-28H,1-6H3. The van der Waals surface area contributed by atoms with Crippen molar-refractivity contribution in [1.29, 1.82) is 0 Å². The molecule has 0 bridgehead atoms. The van der Waals surface area contributed by atoms with Gasteiger partial charge < -0.3 is 0 Å². The van der Waals surface area contributed by atoms with Crippen molar-refractivity contribution in [3.8, 4) is 67.5 Å². The molecule has 0 aliphatic carbocycles. The zero-order valence-electron chi connectivity index (χ0n) is 29.4. The van der Waals surface area contributed by atoms with Crippen LogP contribution in [0, 0.1) is 0 Å². The Morgan fingerprint density at radius 2 is 0.760 bits per heavy atom. The number of nitrogens with zero attached hydrogens (tertiary/aromatic N) is 6. The molecular weight excluding hydrogens is 613 g/mol. The van der Waals surface area contributed by atoms with Gasteiger partial charge in [-0.3, -0.25) is 4.98 Å². The molecule has 3 heterocycles. The lowest BCUT2D eigenvalue weighted by atomic mass is 9.79. The fourth-order valence-electron chi connectivity index (χ4n) is 5.92. The Kier molecular flexibility index (Phi) is 8.62. The summed E-state index contributed by atoms with van der Waals surface area (Å²) in [6.07, 6.45) is 8.81. The average molecular weight is 653 g/mol. The van der Waals surface area contributed by atoms with Gasteiger partial charge in [-0.2, -0.15) is 0 Å². The Hall–Kier alpha value is -5.88. The second-order valence-electron chi connectivity index (χ2n) is 14.7. The minimum atomic E-state index is 0.0103. The maximum Gasteiger partial charge on any atom is 0.164 e. The highest BCUT2D eigenvalue weighted by molar-refractivity contribution is 5.76. The summed E-state index contributed by atoms with van der Waals surface area (Å²) in [5.74, 6) is 1.79. The lowest BCUT2D eigenvalue weighted by Gasteiger charge is -2.26. The second-order valence-corrected chi connectivity index (χ2v) is 14.7. The summed E-state index contributed by atoms with van der Waals surface area (Å²) < 4.78 is 0. The van der Waals surface area contributed by atoms with E-state index in [2.05, 4.69) is 123 Å². The molecule has 0 atom stereocenters. The van der Waals surface area contributed by atoms with Crippen molar-refractivity contribution >= 4 is 0 Å². The van der Waals surface area contributed by atoms with Crippen molar-refractivity contribution in [2.45, 2.75) is 52.4 Å². The molecule has 7 rings (SSSR count). The molecule has 0 fully saturated rings. The topological polar surface area (TPSA) is 77.3 Å². The fourth-order valence-corrected chi connectivity index (χ4v) is 5.92. The van der Waals surface area contributed by atoms with Crippen LogP contribution >= 0.6 is 0 Å². The third kappa shape index (κ3) is 7.10. The summed E-state index contributed by atoms with van der Waals surface area (Å²) in [4.78, 5) is 28.0. The normalized spacial score (nSPS) is 11.8. The quantitative estimate of drug-likeness (QED) is 0.178. The van der Waals surface area contributed by atoms with Crippen LogP contribution in [0.25, 0.3) is 67.5 Å². The maximum absolute atomic E-state index is 5.11. The number of aromatic nitrogens is 6. The van der Waals surface area contributed by atoms with Gasteiger partial charge in [-0.05, 0) is 68.5 Å². The predicted octanol–water partition coefficient (Wildman–Crippen LogP) is 10.7. The third-order valence-electron chi connectivity index (χ3n) is 8.88. The van der Waals surface area contributed by atoms with E-state index in [0.717, 1.165) is 44.5 Å². The number of pyridine rings is 1. The summed E-state index contributed by atoms with van der Waals surface area (Å²) >= 11 is 0. The Labute approximate surface area is 294 Å². The summed E-state index contributed by atoms with van der Waals surface area (Å²) in [5, 5.41) is 0. The van der Waals surface area contributed by atoms with E-state index in [1.807, 2.05) is 55.0 Å². The Balaban J connectivity index is 1.38. The molecule has 0 aliphatic heterocycles. The fraction of sp³-hybridized carbons (Fsp3) is 0.182. The number of benzene rings is 4. The molecule has 0 spiro atoms. The van der Waals surface area contributed by atoms with Crippen LogP contribution in [-0.2, 0) is 10.8 Å². The van der Waals surface area contributed by atoms with Crippen molar-refractivity contribution < 1.29 is 0 Å². The zero-order valence-corrected chi connectivity index (χ0v) is 29.4. The van der Waals surface area contributed by atoms with Crippen molar-refractivity contribution in [2.24, 2.45) is 0 Å². The van der Waals surface area contributed by atoms with E-state index < -0.39 is 0 Å². The van der Waals surface area contributed by atoms with Gasteiger partial charge >= 0.3 is 0 Å². The molecule has 3 aromatic heterocycles. The Morgan fingerprint density at radius 3 is 1.20 bits per heavy atom. The van der Waals surface area contributed by atoms with Crippen LogP contribution in [0.5, 0.6) is 0 Å². The highest BCUT2D eigenvalue weighted by Crippen LogP contribution is 2.36. The molecule has 6 nitrogen and oxygen atoms in total. The molecule has 50 heavy (non-hydrogen) atoms. The smallest absolute Gasteiger partial charge is 0.164 e. The van der Waals surface area contributed by atoms with Gasteiger partial charge in [0.1, 0.15) is 6.33 Å². The van der Waals surface area contributed by atoms with E-state index >= 15 is 0 Å². The second kappa shape index (κ2) is 13.2. The zero-order chi connectivity index (χ0) is 34.9.